The second-order valence-corrected chi connectivity index (χ2v) is 6.33. The highest BCUT2D eigenvalue weighted by Crippen LogP contribution is 2.20. The lowest BCUT2D eigenvalue weighted by atomic mass is 10.2. The molecule has 0 saturated carbocycles. The molecule has 1 aliphatic rings. The molecule has 0 spiro atoms. The van der Waals surface area contributed by atoms with Gasteiger partial charge in [0.2, 0.25) is 0 Å². The number of nitrogens with one attached hydrogen (secondary N) is 1. The fraction of sp³-hybridized carbons (Fsp3) is 0.417. The minimum absolute atomic E-state index is 0.520. The third kappa shape index (κ3) is 2.43. The Morgan fingerprint density at radius 2 is 1.95 bits per heavy atom. The molecule has 3 rings (SSSR count). The molecule has 19 heavy (non-hydrogen) atoms. The van der Waals surface area contributed by atoms with Gasteiger partial charge in [-0.15, -0.1) is 0 Å². The molecule has 1 saturated heterocycles. The van der Waals surface area contributed by atoms with E-state index >= 15 is 0 Å². The molecule has 1 N–H and O–H groups in total. The van der Waals surface area contributed by atoms with Crippen LogP contribution in [0.15, 0.2) is 30.6 Å². The zero-order valence-electron chi connectivity index (χ0n) is 10.5. The van der Waals surface area contributed by atoms with E-state index in [1.807, 2.05) is 18.2 Å². The van der Waals surface area contributed by atoms with E-state index in [0.29, 0.717) is 18.8 Å². The molecule has 6 nitrogen and oxygen atoms in total. The van der Waals surface area contributed by atoms with Crippen molar-refractivity contribution in [3.63, 3.8) is 0 Å². The summed E-state index contributed by atoms with van der Waals surface area (Å²) in [6.45, 7) is 1.18. The average Bonchev–Trinajstić information content (AvgIpc) is 2.83. The van der Waals surface area contributed by atoms with Gasteiger partial charge in [0.05, 0.1) is 17.4 Å². The number of aromatic nitrogens is 2. The Balaban J connectivity index is 1.87. The van der Waals surface area contributed by atoms with Gasteiger partial charge in [-0.2, -0.15) is 17.8 Å². The van der Waals surface area contributed by atoms with Crippen molar-refractivity contribution in [2.24, 2.45) is 0 Å². The zero-order chi connectivity index (χ0) is 13.3. The normalized spacial score (nSPS) is 17.7. The van der Waals surface area contributed by atoms with E-state index in [9.17, 15) is 8.42 Å². The number of hydrogen-bond acceptors (Lipinski definition) is 3. The molecule has 0 aliphatic carbocycles. The summed E-state index contributed by atoms with van der Waals surface area (Å²) < 4.78 is 30.3. The fourth-order valence-electron chi connectivity index (χ4n) is 2.32. The van der Waals surface area contributed by atoms with Crippen LogP contribution in [0.25, 0.3) is 5.52 Å². The third-order valence-corrected chi connectivity index (χ3v) is 4.84. The van der Waals surface area contributed by atoms with Gasteiger partial charge in [0.15, 0.2) is 0 Å². The van der Waals surface area contributed by atoms with Crippen LogP contribution in [0, 0.1) is 0 Å². The molecule has 0 amide bonds. The summed E-state index contributed by atoms with van der Waals surface area (Å²) in [4.78, 5) is 0. The van der Waals surface area contributed by atoms with Gasteiger partial charge in [-0.05, 0) is 25.0 Å². The van der Waals surface area contributed by atoms with Crippen LogP contribution in [0.4, 0.5) is 5.69 Å². The van der Waals surface area contributed by atoms with Crippen LogP contribution in [0.2, 0.25) is 0 Å². The lowest BCUT2D eigenvalue weighted by molar-refractivity contribution is 0.349. The number of anilines is 1. The molecule has 0 aromatic carbocycles. The Bertz CT molecular complexity index is 674. The van der Waals surface area contributed by atoms with Crippen molar-refractivity contribution in [3.05, 3.63) is 30.6 Å². The Labute approximate surface area is 112 Å². The molecular weight excluding hydrogens is 264 g/mol. The van der Waals surface area contributed by atoms with Gasteiger partial charge in [0.25, 0.3) is 0 Å². The summed E-state index contributed by atoms with van der Waals surface area (Å²) in [6.07, 6.45) is 6.28. The van der Waals surface area contributed by atoms with Crippen molar-refractivity contribution < 1.29 is 8.42 Å². The number of fused-ring (bicyclic) bond motifs is 1. The molecule has 3 heterocycles. The summed E-state index contributed by atoms with van der Waals surface area (Å²) in [5.74, 6) is 0. The Hall–Kier alpha value is -1.60. The van der Waals surface area contributed by atoms with Crippen molar-refractivity contribution >= 4 is 21.4 Å². The molecule has 0 bridgehead atoms. The number of pyridine rings is 1. The monoisotopic (exact) mass is 280 g/mol. The van der Waals surface area contributed by atoms with Crippen LogP contribution in [0.1, 0.15) is 19.3 Å². The number of hydrogen-bond donors (Lipinski definition) is 1. The fourth-order valence-corrected chi connectivity index (χ4v) is 3.63. The molecule has 0 atom stereocenters. The van der Waals surface area contributed by atoms with Crippen molar-refractivity contribution in [1.29, 1.82) is 0 Å². The van der Waals surface area contributed by atoms with Crippen LogP contribution in [-0.2, 0) is 10.2 Å². The maximum Gasteiger partial charge on any atom is 0.301 e. The van der Waals surface area contributed by atoms with Gasteiger partial charge in [-0.25, -0.2) is 4.52 Å². The van der Waals surface area contributed by atoms with Crippen molar-refractivity contribution in [1.82, 2.24) is 13.9 Å². The van der Waals surface area contributed by atoms with Crippen molar-refractivity contribution in [2.45, 2.75) is 19.3 Å². The highest BCUT2D eigenvalue weighted by molar-refractivity contribution is 7.90. The smallest absolute Gasteiger partial charge is 0.267 e. The van der Waals surface area contributed by atoms with E-state index in [2.05, 4.69) is 9.82 Å². The standard InChI is InChI=1S/C12H16N4O2S/c17-19(18,15-7-3-1-4-8-15)14-11-10-13-16-9-5-2-6-12(11)16/h2,5-6,9-10,14H,1,3-4,7-8H2. The van der Waals surface area contributed by atoms with E-state index in [4.69, 9.17) is 0 Å². The maximum absolute atomic E-state index is 12.3. The summed E-state index contributed by atoms with van der Waals surface area (Å²) in [6, 6.07) is 5.54. The second-order valence-electron chi connectivity index (χ2n) is 4.66. The lowest BCUT2D eigenvalue weighted by Gasteiger charge is -2.25. The number of piperidine rings is 1. The van der Waals surface area contributed by atoms with Crippen LogP contribution < -0.4 is 4.72 Å². The number of nitrogens with zero attached hydrogens (tertiary/aromatic N) is 3. The summed E-state index contributed by atoms with van der Waals surface area (Å²) >= 11 is 0. The first kappa shape index (κ1) is 12.4. The molecule has 1 aliphatic heterocycles. The molecule has 2 aromatic heterocycles. The van der Waals surface area contributed by atoms with E-state index < -0.39 is 10.2 Å². The van der Waals surface area contributed by atoms with Crippen LogP contribution in [-0.4, -0.2) is 35.4 Å². The summed E-state index contributed by atoms with van der Waals surface area (Å²) in [5.41, 5.74) is 1.27. The lowest BCUT2D eigenvalue weighted by Crippen LogP contribution is -2.39. The van der Waals surface area contributed by atoms with Gasteiger partial charge in [-0.1, -0.05) is 12.5 Å². The van der Waals surface area contributed by atoms with E-state index in [1.54, 1.807) is 10.7 Å². The predicted molar refractivity (Wildman–Crippen MR) is 73.2 cm³/mol. The SMILES string of the molecule is O=S(=O)(Nc1cnn2ccccc12)N1CCCCC1. The van der Waals surface area contributed by atoms with Gasteiger partial charge >= 0.3 is 10.2 Å². The molecule has 1 fully saturated rings. The predicted octanol–water partition coefficient (Wildman–Crippen LogP) is 1.48. The Morgan fingerprint density at radius 1 is 1.16 bits per heavy atom. The Kier molecular flexibility index (Phi) is 3.16. The van der Waals surface area contributed by atoms with Crippen molar-refractivity contribution in [2.75, 3.05) is 17.8 Å². The van der Waals surface area contributed by atoms with E-state index in [0.717, 1.165) is 24.8 Å². The number of rotatable bonds is 3. The minimum atomic E-state index is -3.47. The highest BCUT2D eigenvalue weighted by atomic mass is 32.2. The highest BCUT2D eigenvalue weighted by Gasteiger charge is 2.24. The summed E-state index contributed by atoms with van der Waals surface area (Å²) in [7, 11) is -3.47. The van der Waals surface area contributed by atoms with Crippen molar-refractivity contribution in [3.8, 4) is 0 Å². The van der Waals surface area contributed by atoms with Gasteiger partial charge in [0, 0.05) is 19.3 Å². The van der Waals surface area contributed by atoms with Crippen LogP contribution in [0.3, 0.4) is 0 Å². The Morgan fingerprint density at radius 3 is 2.74 bits per heavy atom. The van der Waals surface area contributed by atoms with E-state index in [-0.39, 0.29) is 0 Å². The van der Waals surface area contributed by atoms with Gasteiger partial charge < -0.3 is 0 Å². The van der Waals surface area contributed by atoms with Gasteiger partial charge in [0.1, 0.15) is 0 Å². The topological polar surface area (TPSA) is 66.7 Å². The largest absolute Gasteiger partial charge is 0.301 e. The average molecular weight is 280 g/mol. The second kappa shape index (κ2) is 4.82. The maximum atomic E-state index is 12.3. The quantitative estimate of drug-likeness (QED) is 0.926. The minimum Gasteiger partial charge on any atom is -0.267 e. The van der Waals surface area contributed by atoms with Crippen LogP contribution in [0.5, 0.6) is 0 Å². The zero-order valence-corrected chi connectivity index (χ0v) is 11.3. The summed E-state index contributed by atoms with van der Waals surface area (Å²) in [5, 5.41) is 4.12. The molecule has 102 valence electrons. The molecule has 2 aromatic rings. The molecule has 0 radical (unpaired) electrons. The van der Waals surface area contributed by atoms with Crippen LogP contribution >= 0.6 is 0 Å². The first-order valence-corrected chi connectivity index (χ1v) is 7.81. The molecule has 0 unspecified atom stereocenters. The van der Waals surface area contributed by atoms with Gasteiger partial charge in [-0.3, -0.25) is 4.72 Å². The molecular formula is C12H16N4O2S. The first-order valence-electron chi connectivity index (χ1n) is 6.37. The third-order valence-electron chi connectivity index (χ3n) is 3.32. The first-order chi connectivity index (χ1) is 9.17. The molecule has 7 heteroatoms. The van der Waals surface area contributed by atoms with E-state index in [1.165, 1.54) is 10.5 Å².